The molecule has 6 heteroatoms. The monoisotopic (exact) mass is 323 g/mol. The molecule has 4 rings (SSSR count). The Balaban J connectivity index is 1.65. The highest BCUT2D eigenvalue weighted by Gasteiger charge is 2.47. The predicted octanol–water partition coefficient (Wildman–Crippen LogP) is 2.40. The van der Waals surface area contributed by atoms with Crippen LogP contribution >= 0.6 is 0 Å². The van der Waals surface area contributed by atoms with Crippen molar-refractivity contribution in [2.75, 3.05) is 5.32 Å². The number of aryl methyl sites for hydroxylation is 2. The minimum Gasteiger partial charge on any atom is -0.349 e. The van der Waals surface area contributed by atoms with Gasteiger partial charge in [-0.3, -0.25) is 9.78 Å². The smallest absolute Gasteiger partial charge is 0.225 e. The Hall–Kier alpha value is -2.50. The van der Waals surface area contributed by atoms with Gasteiger partial charge in [0.15, 0.2) is 0 Å². The van der Waals surface area contributed by atoms with E-state index in [1.54, 1.807) is 6.20 Å². The summed E-state index contributed by atoms with van der Waals surface area (Å²) in [6, 6.07) is 4.29. The molecule has 2 aromatic heterocycles. The van der Waals surface area contributed by atoms with E-state index in [0.717, 1.165) is 29.7 Å². The van der Waals surface area contributed by atoms with Crippen LogP contribution in [0.4, 0.5) is 5.95 Å². The van der Waals surface area contributed by atoms with Crippen molar-refractivity contribution < 1.29 is 4.79 Å². The van der Waals surface area contributed by atoms with Crippen LogP contribution in [0.15, 0.2) is 30.7 Å². The first-order chi connectivity index (χ1) is 11.6. The van der Waals surface area contributed by atoms with E-state index >= 15 is 0 Å². The molecule has 2 aliphatic rings. The molecule has 6 nitrogen and oxygen atoms in total. The topological polar surface area (TPSA) is 71.0 Å². The molecule has 1 saturated carbocycles. The molecule has 2 atom stereocenters. The Bertz CT molecular complexity index is 759. The highest BCUT2D eigenvalue weighted by molar-refractivity contribution is 5.81. The summed E-state index contributed by atoms with van der Waals surface area (Å²) in [5.41, 5.74) is 3.08. The fourth-order valence-corrected chi connectivity index (χ4v) is 3.37. The van der Waals surface area contributed by atoms with Crippen LogP contribution in [0.25, 0.3) is 0 Å². The second-order valence-corrected chi connectivity index (χ2v) is 6.68. The summed E-state index contributed by atoms with van der Waals surface area (Å²) in [5.74, 6) is 0.787. The lowest BCUT2D eigenvalue weighted by atomic mass is 10.0. The molecule has 1 amide bonds. The Morgan fingerprint density at radius 1 is 1.25 bits per heavy atom. The van der Waals surface area contributed by atoms with Gasteiger partial charge in [0.05, 0.1) is 12.1 Å². The average Bonchev–Trinajstić information content (AvgIpc) is 3.36. The van der Waals surface area contributed by atoms with Gasteiger partial charge in [-0.15, -0.1) is 0 Å². The van der Waals surface area contributed by atoms with Crippen LogP contribution in [0.3, 0.4) is 0 Å². The van der Waals surface area contributed by atoms with Gasteiger partial charge >= 0.3 is 0 Å². The number of aromatic nitrogens is 3. The Kier molecular flexibility index (Phi) is 3.67. The van der Waals surface area contributed by atoms with E-state index in [1.165, 1.54) is 0 Å². The lowest BCUT2D eigenvalue weighted by Crippen LogP contribution is -2.34. The minimum atomic E-state index is -0.0376. The van der Waals surface area contributed by atoms with Crippen LogP contribution in [-0.4, -0.2) is 37.8 Å². The molecule has 1 N–H and O–H groups in total. The summed E-state index contributed by atoms with van der Waals surface area (Å²) >= 11 is 0. The van der Waals surface area contributed by atoms with Crippen molar-refractivity contribution in [1.29, 1.82) is 0 Å². The molecule has 1 saturated heterocycles. The molecule has 3 heterocycles. The number of pyridine rings is 1. The number of hydrogen-bond donors (Lipinski definition) is 1. The molecule has 0 spiro atoms. The normalized spacial score (nSPS) is 23.6. The fourth-order valence-electron chi connectivity index (χ4n) is 3.37. The summed E-state index contributed by atoms with van der Waals surface area (Å²) in [6.45, 7) is 3.96. The number of carbonyl (C=O) groups is 1. The zero-order valence-electron chi connectivity index (χ0n) is 13.9. The van der Waals surface area contributed by atoms with E-state index in [1.807, 2.05) is 43.3 Å². The fraction of sp³-hybridized carbons (Fsp3) is 0.444. The standard InChI is InChI=1S/C18H21N5O/c1-11-9-20-18(21-12(11)2)22-15-8-16(24)23(14-5-6-14)17(15)13-4-3-7-19-10-13/h3-4,7,9-10,14-15,17H,5-6,8H2,1-2H3,(H,20,21,22)/t15-,17+/m1/s1. The SMILES string of the molecule is Cc1cnc(N[C@@H]2CC(=O)N(C3CC3)[C@H]2c2cccnc2)nc1C. The van der Waals surface area contributed by atoms with Crippen molar-refractivity contribution in [3.63, 3.8) is 0 Å². The molecular formula is C18H21N5O. The van der Waals surface area contributed by atoms with E-state index in [-0.39, 0.29) is 18.0 Å². The molecule has 0 aromatic carbocycles. The molecule has 24 heavy (non-hydrogen) atoms. The molecule has 2 aromatic rings. The molecule has 1 aliphatic heterocycles. The molecular weight excluding hydrogens is 302 g/mol. The Morgan fingerprint density at radius 2 is 2.08 bits per heavy atom. The largest absolute Gasteiger partial charge is 0.349 e. The molecule has 1 aliphatic carbocycles. The molecule has 0 radical (unpaired) electrons. The lowest BCUT2D eigenvalue weighted by Gasteiger charge is -2.29. The van der Waals surface area contributed by atoms with Crippen molar-refractivity contribution in [2.45, 2.75) is 51.2 Å². The highest BCUT2D eigenvalue weighted by atomic mass is 16.2. The van der Waals surface area contributed by atoms with E-state index in [4.69, 9.17) is 0 Å². The van der Waals surface area contributed by atoms with Crippen molar-refractivity contribution in [2.24, 2.45) is 0 Å². The minimum absolute atomic E-state index is 0.0103. The molecule has 0 bridgehead atoms. The number of amides is 1. The first-order valence-corrected chi connectivity index (χ1v) is 8.41. The summed E-state index contributed by atoms with van der Waals surface area (Å²) in [4.78, 5) is 27.7. The number of nitrogens with one attached hydrogen (secondary N) is 1. The average molecular weight is 323 g/mol. The van der Waals surface area contributed by atoms with E-state index in [2.05, 4.69) is 20.3 Å². The zero-order chi connectivity index (χ0) is 16.7. The molecule has 2 fully saturated rings. The Morgan fingerprint density at radius 3 is 2.75 bits per heavy atom. The third kappa shape index (κ3) is 2.72. The zero-order valence-corrected chi connectivity index (χ0v) is 13.9. The third-order valence-electron chi connectivity index (χ3n) is 4.87. The highest BCUT2D eigenvalue weighted by Crippen LogP contribution is 2.42. The third-order valence-corrected chi connectivity index (χ3v) is 4.87. The van der Waals surface area contributed by atoms with E-state index < -0.39 is 0 Å². The number of hydrogen-bond acceptors (Lipinski definition) is 5. The van der Waals surface area contributed by atoms with Gasteiger partial charge in [0, 0.05) is 36.7 Å². The van der Waals surface area contributed by atoms with Gasteiger partial charge < -0.3 is 10.2 Å². The number of likely N-dealkylation sites (tertiary alicyclic amines) is 1. The first kappa shape index (κ1) is 15.1. The Labute approximate surface area is 141 Å². The second kappa shape index (κ2) is 5.85. The summed E-state index contributed by atoms with van der Waals surface area (Å²) in [7, 11) is 0. The predicted molar refractivity (Wildman–Crippen MR) is 90.4 cm³/mol. The van der Waals surface area contributed by atoms with Gasteiger partial charge in [-0.05, 0) is 43.9 Å². The maximum absolute atomic E-state index is 12.6. The summed E-state index contributed by atoms with van der Waals surface area (Å²) in [5, 5.41) is 3.39. The van der Waals surface area contributed by atoms with Gasteiger partial charge in [-0.2, -0.15) is 0 Å². The molecule has 0 unspecified atom stereocenters. The van der Waals surface area contributed by atoms with Crippen LogP contribution in [0.2, 0.25) is 0 Å². The summed E-state index contributed by atoms with van der Waals surface area (Å²) in [6.07, 6.45) is 8.08. The van der Waals surface area contributed by atoms with Crippen molar-refractivity contribution >= 4 is 11.9 Å². The second-order valence-electron chi connectivity index (χ2n) is 6.68. The quantitative estimate of drug-likeness (QED) is 0.935. The van der Waals surface area contributed by atoms with E-state index in [9.17, 15) is 4.79 Å². The maximum Gasteiger partial charge on any atom is 0.225 e. The van der Waals surface area contributed by atoms with Gasteiger partial charge in [-0.25, -0.2) is 9.97 Å². The van der Waals surface area contributed by atoms with E-state index in [0.29, 0.717) is 18.4 Å². The van der Waals surface area contributed by atoms with Crippen LogP contribution in [0, 0.1) is 13.8 Å². The van der Waals surface area contributed by atoms with Gasteiger partial charge in [0.2, 0.25) is 11.9 Å². The van der Waals surface area contributed by atoms with Gasteiger partial charge in [0.25, 0.3) is 0 Å². The number of nitrogens with zero attached hydrogens (tertiary/aromatic N) is 4. The van der Waals surface area contributed by atoms with Gasteiger partial charge in [-0.1, -0.05) is 6.07 Å². The number of anilines is 1. The number of carbonyl (C=O) groups excluding carboxylic acids is 1. The summed E-state index contributed by atoms with van der Waals surface area (Å²) < 4.78 is 0. The van der Waals surface area contributed by atoms with Crippen LogP contribution in [-0.2, 0) is 4.79 Å². The maximum atomic E-state index is 12.6. The van der Waals surface area contributed by atoms with Gasteiger partial charge in [0.1, 0.15) is 0 Å². The van der Waals surface area contributed by atoms with Crippen molar-refractivity contribution in [3.8, 4) is 0 Å². The van der Waals surface area contributed by atoms with Crippen LogP contribution in [0.5, 0.6) is 0 Å². The van der Waals surface area contributed by atoms with Crippen molar-refractivity contribution in [3.05, 3.63) is 47.5 Å². The van der Waals surface area contributed by atoms with Crippen molar-refractivity contribution in [1.82, 2.24) is 19.9 Å². The van der Waals surface area contributed by atoms with Crippen LogP contribution in [0.1, 0.15) is 42.1 Å². The first-order valence-electron chi connectivity index (χ1n) is 8.41. The number of rotatable bonds is 4. The lowest BCUT2D eigenvalue weighted by molar-refractivity contribution is -0.129. The molecule has 124 valence electrons. The van der Waals surface area contributed by atoms with Crippen LogP contribution < -0.4 is 5.32 Å².